The predicted octanol–water partition coefficient (Wildman–Crippen LogP) is 2.86. The van der Waals surface area contributed by atoms with Gasteiger partial charge in [0.25, 0.3) is 0 Å². The summed E-state index contributed by atoms with van der Waals surface area (Å²) in [7, 11) is 0. The summed E-state index contributed by atoms with van der Waals surface area (Å²) in [6.07, 6.45) is 0.719. The summed E-state index contributed by atoms with van der Waals surface area (Å²) in [5.41, 5.74) is 0.956. The lowest BCUT2D eigenvalue weighted by molar-refractivity contribution is 0.101. The topological polar surface area (TPSA) is 43.4 Å². The van der Waals surface area contributed by atoms with Crippen LogP contribution < -0.4 is 4.74 Å². The van der Waals surface area contributed by atoms with Crippen molar-refractivity contribution in [2.45, 2.75) is 13.8 Å². The Morgan fingerprint density at radius 2 is 2.20 bits per heavy atom. The summed E-state index contributed by atoms with van der Waals surface area (Å²) < 4.78 is 5.90. The molecule has 0 fully saturated rings. The summed E-state index contributed by atoms with van der Waals surface area (Å²) in [4.78, 5) is 22.0. The van der Waals surface area contributed by atoms with Crippen LogP contribution in [0, 0.1) is 0 Å². The fourth-order valence-electron chi connectivity index (χ4n) is 1.21. The number of carbonyl (C=O) groups excluding carboxylic acids is 2. The third-order valence-corrected chi connectivity index (χ3v) is 2.59. The number of rotatable bonds is 4. The van der Waals surface area contributed by atoms with E-state index in [1.54, 1.807) is 12.1 Å². The maximum Gasteiger partial charge on any atom is 0.163 e. The highest BCUT2D eigenvalue weighted by atomic mass is 79.9. The Bertz CT molecular complexity index is 399. The molecule has 1 rings (SSSR count). The van der Waals surface area contributed by atoms with E-state index in [-0.39, 0.29) is 5.78 Å². The average Bonchev–Trinajstić information content (AvgIpc) is 2.20. The number of ketones is 1. The van der Waals surface area contributed by atoms with Gasteiger partial charge in [0.05, 0.1) is 12.2 Å². The Hall–Kier alpha value is -1.16. The summed E-state index contributed by atoms with van der Waals surface area (Å²) >= 11 is 3.22. The molecule has 0 aliphatic rings. The molecule has 0 radical (unpaired) electrons. The normalized spacial score (nSPS) is 9.80. The molecule has 80 valence electrons. The first-order valence-corrected chi connectivity index (χ1v) is 5.32. The van der Waals surface area contributed by atoms with Gasteiger partial charge in [-0.05, 0) is 26.0 Å². The number of ether oxygens (including phenoxy) is 1. The van der Waals surface area contributed by atoms with Gasteiger partial charge >= 0.3 is 0 Å². The van der Waals surface area contributed by atoms with Crippen molar-refractivity contribution in [2.24, 2.45) is 0 Å². The van der Waals surface area contributed by atoms with Crippen LogP contribution in [0.4, 0.5) is 0 Å². The Morgan fingerprint density at radius 1 is 1.53 bits per heavy atom. The largest absolute Gasteiger partial charge is 0.493 e. The second-order valence-electron chi connectivity index (χ2n) is 2.98. The third kappa shape index (κ3) is 2.65. The zero-order valence-electron chi connectivity index (χ0n) is 8.54. The van der Waals surface area contributed by atoms with Crippen LogP contribution >= 0.6 is 15.9 Å². The molecule has 0 aromatic heterocycles. The van der Waals surface area contributed by atoms with Crippen LogP contribution in [0.5, 0.6) is 5.75 Å². The molecule has 15 heavy (non-hydrogen) atoms. The molecule has 0 aliphatic heterocycles. The summed E-state index contributed by atoms with van der Waals surface area (Å²) in [6, 6.07) is 3.17. The Labute approximate surface area is 96.6 Å². The smallest absolute Gasteiger partial charge is 0.163 e. The van der Waals surface area contributed by atoms with Gasteiger partial charge in [-0.1, -0.05) is 15.9 Å². The van der Waals surface area contributed by atoms with Gasteiger partial charge in [-0.3, -0.25) is 9.59 Å². The van der Waals surface area contributed by atoms with E-state index >= 15 is 0 Å². The Balaban J connectivity index is 3.31. The van der Waals surface area contributed by atoms with Crippen molar-refractivity contribution < 1.29 is 14.3 Å². The first-order valence-electron chi connectivity index (χ1n) is 4.52. The van der Waals surface area contributed by atoms with Crippen LogP contribution in [0.1, 0.15) is 34.6 Å². The van der Waals surface area contributed by atoms with Gasteiger partial charge in [-0.25, -0.2) is 0 Å². The van der Waals surface area contributed by atoms with Gasteiger partial charge in [0, 0.05) is 10.0 Å². The Morgan fingerprint density at radius 3 is 2.67 bits per heavy atom. The van der Waals surface area contributed by atoms with E-state index in [1.165, 1.54) is 6.92 Å². The lowest BCUT2D eigenvalue weighted by atomic mass is 10.1. The van der Waals surface area contributed by atoms with Crippen LogP contribution in [-0.2, 0) is 0 Å². The van der Waals surface area contributed by atoms with Gasteiger partial charge < -0.3 is 4.74 Å². The minimum Gasteiger partial charge on any atom is -0.493 e. The van der Waals surface area contributed by atoms with E-state index < -0.39 is 0 Å². The predicted molar refractivity (Wildman–Crippen MR) is 60.7 cm³/mol. The monoisotopic (exact) mass is 270 g/mol. The highest BCUT2D eigenvalue weighted by molar-refractivity contribution is 9.10. The minimum absolute atomic E-state index is 0.0865. The van der Waals surface area contributed by atoms with Crippen LogP contribution in [0.15, 0.2) is 16.6 Å². The molecule has 3 nitrogen and oxygen atoms in total. The van der Waals surface area contributed by atoms with Crippen molar-refractivity contribution in [2.75, 3.05) is 6.61 Å². The van der Waals surface area contributed by atoms with Crippen LogP contribution in [0.25, 0.3) is 0 Å². The van der Waals surface area contributed by atoms with Gasteiger partial charge in [0.2, 0.25) is 0 Å². The fraction of sp³-hybridized carbons (Fsp3) is 0.273. The lowest BCUT2D eigenvalue weighted by Gasteiger charge is -2.09. The van der Waals surface area contributed by atoms with Crippen molar-refractivity contribution >= 4 is 28.0 Å². The molecule has 0 atom stereocenters. The average molecular weight is 271 g/mol. The van der Waals surface area contributed by atoms with E-state index in [9.17, 15) is 9.59 Å². The lowest BCUT2D eigenvalue weighted by Crippen LogP contribution is -2.02. The molecule has 4 heteroatoms. The van der Waals surface area contributed by atoms with E-state index in [4.69, 9.17) is 4.74 Å². The van der Waals surface area contributed by atoms with Gasteiger partial charge in [0.1, 0.15) is 5.75 Å². The molecule has 1 aromatic carbocycles. The molecule has 0 N–H and O–H groups in total. The molecule has 0 heterocycles. The fourth-order valence-corrected chi connectivity index (χ4v) is 1.65. The van der Waals surface area contributed by atoms with Crippen LogP contribution in [0.2, 0.25) is 0 Å². The molecule has 0 bridgehead atoms. The molecule has 1 aromatic rings. The second kappa shape index (κ2) is 5.07. The standard InChI is InChI=1S/C11H11BrO3/c1-3-15-11-4-8(6-13)10(12)5-9(11)7(2)14/h4-6H,3H2,1-2H3. The zero-order chi connectivity index (χ0) is 11.4. The molecule has 0 amide bonds. The third-order valence-electron chi connectivity index (χ3n) is 1.90. The molecular weight excluding hydrogens is 260 g/mol. The van der Waals surface area contributed by atoms with Crippen LogP contribution in [-0.4, -0.2) is 18.7 Å². The maximum absolute atomic E-state index is 11.3. The number of carbonyl (C=O) groups is 2. The second-order valence-corrected chi connectivity index (χ2v) is 3.83. The first kappa shape index (κ1) is 11.9. The maximum atomic E-state index is 11.3. The number of aldehydes is 1. The summed E-state index contributed by atoms with van der Waals surface area (Å²) in [5.74, 6) is 0.367. The number of halogens is 1. The van der Waals surface area contributed by atoms with Crippen molar-refractivity contribution in [3.63, 3.8) is 0 Å². The number of hydrogen-bond donors (Lipinski definition) is 0. The molecule has 0 saturated heterocycles. The SMILES string of the molecule is CCOc1cc(C=O)c(Br)cc1C(C)=O. The molecule has 0 unspecified atom stereocenters. The van der Waals surface area contributed by atoms with Gasteiger partial charge in [0.15, 0.2) is 12.1 Å². The number of Topliss-reactive ketones (excluding diaryl/α,β-unsaturated/α-hetero) is 1. The van der Waals surface area contributed by atoms with Crippen molar-refractivity contribution in [1.29, 1.82) is 0 Å². The summed E-state index contributed by atoms with van der Waals surface area (Å²) in [5, 5.41) is 0. The van der Waals surface area contributed by atoms with Crippen molar-refractivity contribution in [3.05, 3.63) is 27.7 Å². The highest BCUT2D eigenvalue weighted by Crippen LogP contribution is 2.27. The Kier molecular flexibility index (Phi) is 4.03. The molecule has 0 saturated carbocycles. The van der Waals surface area contributed by atoms with Crippen LogP contribution in [0.3, 0.4) is 0 Å². The quantitative estimate of drug-likeness (QED) is 0.624. The van der Waals surface area contributed by atoms with E-state index in [1.807, 2.05) is 6.92 Å². The highest BCUT2D eigenvalue weighted by Gasteiger charge is 2.12. The van der Waals surface area contributed by atoms with Crippen molar-refractivity contribution in [3.8, 4) is 5.75 Å². The van der Waals surface area contributed by atoms with Crippen molar-refractivity contribution in [1.82, 2.24) is 0 Å². The van der Waals surface area contributed by atoms with E-state index in [0.29, 0.717) is 28.0 Å². The van der Waals surface area contributed by atoms with E-state index in [2.05, 4.69) is 15.9 Å². The first-order chi connectivity index (χ1) is 7.10. The summed E-state index contributed by atoms with van der Waals surface area (Å²) in [6.45, 7) is 3.75. The van der Waals surface area contributed by atoms with E-state index in [0.717, 1.165) is 6.29 Å². The molecular formula is C11H11BrO3. The van der Waals surface area contributed by atoms with Gasteiger partial charge in [-0.15, -0.1) is 0 Å². The molecule has 0 aliphatic carbocycles. The van der Waals surface area contributed by atoms with Gasteiger partial charge in [-0.2, -0.15) is 0 Å². The number of benzene rings is 1. The zero-order valence-corrected chi connectivity index (χ0v) is 10.1. The minimum atomic E-state index is -0.0865. The number of hydrogen-bond acceptors (Lipinski definition) is 3. The molecule has 0 spiro atoms.